The summed E-state index contributed by atoms with van der Waals surface area (Å²) in [6, 6.07) is 13.3. The lowest BCUT2D eigenvalue weighted by Crippen LogP contribution is -2.48. The van der Waals surface area contributed by atoms with Gasteiger partial charge in [-0.3, -0.25) is 9.59 Å². The Bertz CT molecular complexity index is 1780. The fourth-order valence-electron chi connectivity index (χ4n) is 7.04. The van der Waals surface area contributed by atoms with Crippen molar-refractivity contribution in [1.29, 1.82) is 0 Å². The maximum Gasteiger partial charge on any atom is 0.407 e. The van der Waals surface area contributed by atoms with Crippen molar-refractivity contribution in [2.75, 3.05) is 26.7 Å². The van der Waals surface area contributed by atoms with Gasteiger partial charge in [0, 0.05) is 60.3 Å². The van der Waals surface area contributed by atoms with Crippen LogP contribution >= 0.6 is 11.6 Å². The summed E-state index contributed by atoms with van der Waals surface area (Å²) in [4.78, 5) is 37.3. The third kappa shape index (κ3) is 8.07. The van der Waals surface area contributed by atoms with E-state index in [1.807, 2.05) is 37.3 Å². The number of nitrogens with one attached hydrogen (secondary N) is 3. The predicted molar refractivity (Wildman–Crippen MR) is 190 cm³/mol. The first-order chi connectivity index (χ1) is 24.2. The highest BCUT2D eigenvalue weighted by molar-refractivity contribution is 6.34. The molecule has 3 aromatic rings. The number of carbonyl (C=O) groups is 3. The monoisotopic (exact) mass is 726 g/mol. The maximum atomic E-state index is 16.0. The maximum absolute atomic E-state index is 16.0. The van der Waals surface area contributed by atoms with Crippen molar-refractivity contribution in [3.63, 3.8) is 0 Å². The molecule has 10 nitrogen and oxygen atoms in total. The standard InChI is InChI=1S/C38H45ClF2N4O6/c1-21-29-28(19-26(40)32(39)31(29)30-25(34(42)46)15-16-27(49-5)33(30)41)50-38(21,23-9-7-6-8-10-23)20-45-24-13-11-22(12-14-24)35(47)43-17-18-44-36(48)51-37(2,3)4/h6-10,15-16,19,21-22,24,45H,11-14,17-18,20H2,1-5H3,(H2,42,46)(H,43,47)(H,44,48)/t21-,22?,24?,38-/m0/s1. The summed E-state index contributed by atoms with van der Waals surface area (Å²) >= 11 is 6.61. The molecule has 2 aliphatic rings. The minimum absolute atomic E-state index is 0.0185. The topological polar surface area (TPSA) is 141 Å². The fraction of sp³-hybridized carbons (Fsp3) is 0.447. The molecule has 1 saturated carbocycles. The van der Waals surface area contributed by atoms with E-state index in [-0.39, 0.29) is 57.6 Å². The zero-order valence-electron chi connectivity index (χ0n) is 29.5. The van der Waals surface area contributed by atoms with Crippen LogP contribution in [0, 0.1) is 17.6 Å². The smallest absolute Gasteiger partial charge is 0.407 e. The fourth-order valence-corrected chi connectivity index (χ4v) is 7.29. The second kappa shape index (κ2) is 15.4. The number of fused-ring (bicyclic) bond motifs is 1. The third-order valence-corrected chi connectivity index (χ3v) is 9.96. The molecule has 0 bridgehead atoms. The quantitative estimate of drug-likeness (QED) is 0.164. The molecule has 5 rings (SSSR count). The van der Waals surface area contributed by atoms with E-state index in [9.17, 15) is 14.4 Å². The number of hydrogen-bond acceptors (Lipinski definition) is 7. The van der Waals surface area contributed by atoms with Crippen LogP contribution < -0.4 is 31.2 Å². The van der Waals surface area contributed by atoms with Crippen molar-refractivity contribution >= 4 is 29.5 Å². The van der Waals surface area contributed by atoms with Gasteiger partial charge in [-0.25, -0.2) is 13.6 Å². The van der Waals surface area contributed by atoms with E-state index in [2.05, 4.69) is 16.0 Å². The molecular weight excluding hydrogens is 682 g/mol. The highest BCUT2D eigenvalue weighted by Gasteiger charge is 2.50. The summed E-state index contributed by atoms with van der Waals surface area (Å²) in [5, 5.41) is 8.82. The van der Waals surface area contributed by atoms with Crippen LogP contribution in [0.3, 0.4) is 0 Å². The Morgan fingerprint density at radius 3 is 2.29 bits per heavy atom. The molecular formula is C38H45ClF2N4O6. The van der Waals surface area contributed by atoms with E-state index in [1.54, 1.807) is 20.8 Å². The van der Waals surface area contributed by atoms with E-state index in [0.29, 0.717) is 31.5 Å². The highest BCUT2D eigenvalue weighted by Crippen LogP contribution is 2.56. The summed E-state index contributed by atoms with van der Waals surface area (Å²) < 4.78 is 48.7. The number of benzene rings is 3. The number of methoxy groups -OCH3 is 1. The van der Waals surface area contributed by atoms with Crippen molar-refractivity contribution in [2.45, 2.75) is 76.5 Å². The molecule has 0 aromatic heterocycles. The van der Waals surface area contributed by atoms with Crippen LogP contribution in [0.25, 0.3) is 11.1 Å². The van der Waals surface area contributed by atoms with Gasteiger partial charge in [-0.2, -0.15) is 0 Å². The normalized spacial score (nSPS) is 21.3. The Kier molecular flexibility index (Phi) is 11.5. The first-order valence-corrected chi connectivity index (χ1v) is 17.5. The largest absolute Gasteiger partial charge is 0.494 e. The van der Waals surface area contributed by atoms with Crippen LogP contribution in [-0.4, -0.2) is 56.3 Å². The Hall–Kier alpha value is -4.42. The zero-order chi connectivity index (χ0) is 37.1. The Morgan fingerprint density at radius 2 is 1.67 bits per heavy atom. The van der Waals surface area contributed by atoms with Crippen molar-refractivity contribution in [2.24, 2.45) is 11.7 Å². The van der Waals surface area contributed by atoms with Gasteiger partial charge in [0.25, 0.3) is 0 Å². The Balaban J connectivity index is 1.34. The van der Waals surface area contributed by atoms with Gasteiger partial charge < -0.3 is 35.9 Å². The van der Waals surface area contributed by atoms with Crippen LogP contribution in [-0.2, 0) is 15.1 Å². The summed E-state index contributed by atoms with van der Waals surface area (Å²) in [5.74, 6) is -3.38. The molecule has 3 amide bonds. The summed E-state index contributed by atoms with van der Waals surface area (Å²) in [5.41, 5.74) is 4.78. The van der Waals surface area contributed by atoms with Gasteiger partial charge in [-0.15, -0.1) is 0 Å². The van der Waals surface area contributed by atoms with Crippen LogP contribution in [0.2, 0.25) is 5.02 Å². The van der Waals surface area contributed by atoms with Crippen LogP contribution in [0.5, 0.6) is 11.5 Å². The Morgan fingerprint density at radius 1 is 1.00 bits per heavy atom. The summed E-state index contributed by atoms with van der Waals surface area (Å²) in [6.45, 7) is 8.09. The summed E-state index contributed by atoms with van der Waals surface area (Å²) in [7, 11) is 1.29. The van der Waals surface area contributed by atoms with Gasteiger partial charge in [0.1, 0.15) is 17.2 Å². The number of ether oxygens (including phenoxy) is 3. The summed E-state index contributed by atoms with van der Waals surface area (Å²) in [6.07, 6.45) is 2.24. The average molecular weight is 727 g/mol. The molecule has 51 heavy (non-hydrogen) atoms. The molecule has 0 saturated heterocycles. The van der Waals surface area contributed by atoms with Gasteiger partial charge in [-0.05, 0) is 64.2 Å². The van der Waals surface area contributed by atoms with Crippen LogP contribution in [0.1, 0.15) is 80.8 Å². The van der Waals surface area contributed by atoms with E-state index in [4.69, 9.17) is 31.5 Å². The van der Waals surface area contributed by atoms with Crippen molar-refractivity contribution in [3.8, 4) is 22.6 Å². The van der Waals surface area contributed by atoms with Crippen molar-refractivity contribution in [1.82, 2.24) is 16.0 Å². The molecule has 1 aliphatic carbocycles. The molecule has 1 fully saturated rings. The number of alkyl carbamates (subject to hydrolysis) is 1. The lowest BCUT2D eigenvalue weighted by molar-refractivity contribution is -0.126. The minimum Gasteiger partial charge on any atom is -0.494 e. The minimum atomic E-state index is -1.08. The number of carbonyl (C=O) groups excluding carboxylic acids is 3. The second-order valence-electron chi connectivity index (χ2n) is 14.1. The molecule has 0 radical (unpaired) electrons. The molecule has 5 N–H and O–H groups in total. The molecule has 1 heterocycles. The molecule has 3 aromatic carbocycles. The van der Waals surface area contributed by atoms with Gasteiger partial charge in [0.2, 0.25) is 11.8 Å². The number of hydrogen-bond donors (Lipinski definition) is 4. The lowest BCUT2D eigenvalue weighted by Gasteiger charge is -2.37. The lowest BCUT2D eigenvalue weighted by atomic mass is 9.77. The van der Waals surface area contributed by atoms with Crippen LogP contribution in [0.15, 0.2) is 48.5 Å². The van der Waals surface area contributed by atoms with Gasteiger partial charge in [0.15, 0.2) is 17.2 Å². The number of amides is 3. The van der Waals surface area contributed by atoms with Gasteiger partial charge >= 0.3 is 6.09 Å². The van der Waals surface area contributed by atoms with Gasteiger partial charge in [-0.1, -0.05) is 48.9 Å². The molecule has 0 spiro atoms. The molecule has 13 heteroatoms. The number of rotatable bonds is 11. The van der Waals surface area contributed by atoms with E-state index >= 15 is 8.78 Å². The molecule has 274 valence electrons. The first-order valence-electron chi connectivity index (χ1n) is 17.1. The Labute approximate surface area is 301 Å². The van der Waals surface area contributed by atoms with E-state index < -0.39 is 40.8 Å². The van der Waals surface area contributed by atoms with Gasteiger partial charge in [0.05, 0.1) is 17.7 Å². The number of primary amides is 1. The highest BCUT2D eigenvalue weighted by atomic mass is 35.5. The molecule has 1 aliphatic heterocycles. The first kappa shape index (κ1) is 37.8. The molecule has 2 atom stereocenters. The second-order valence-corrected chi connectivity index (χ2v) is 14.4. The van der Waals surface area contributed by atoms with Crippen LogP contribution in [0.4, 0.5) is 13.6 Å². The predicted octanol–water partition coefficient (Wildman–Crippen LogP) is 6.57. The number of halogens is 3. The van der Waals surface area contributed by atoms with Crippen molar-refractivity contribution < 1.29 is 37.4 Å². The number of nitrogens with two attached hydrogens (primary N) is 1. The third-order valence-electron chi connectivity index (χ3n) is 9.59. The average Bonchev–Trinajstić information content (AvgIpc) is 3.37. The zero-order valence-corrected chi connectivity index (χ0v) is 30.2. The van der Waals surface area contributed by atoms with Crippen molar-refractivity contribution in [3.05, 3.63) is 81.9 Å². The molecule has 0 unspecified atom stereocenters. The SMILES string of the molecule is COc1ccc(C(N)=O)c(-c2c(Cl)c(F)cc3c2[C@H](C)[C@@](CNC2CCC(C(=O)NCCNC(=O)OC(C)(C)C)CC2)(c2ccccc2)O3)c1F. The van der Waals surface area contributed by atoms with E-state index in [1.165, 1.54) is 25.3 Å². The van der Waals surface area contributed by atoms with E-state index in [0.717, 1.165) is 18.4 Å².